The second-order valence-electron chi connectivity index (χ2n) is 9.09. The minimum Gasteiger partial charge on any atom is -0.492 e. The molecule has 0 unspecified atom stereocenters. The number of anilines is 1. The first-order valence-corrected chi connectivity index (χ1v) is 13.3. The number of halogens is 5. The van der Waals surface area contributed by atoms with Gasteiger partial charge in [-0.1, -0.05) is 35.1 Å². The maximum atomic E-state index is 13.9. The van der Waals surface area contributed by atoms with E-state index in [9.17, 15) is 22.7 Å². The Hall–Kier alpha value is -3.02. The first kappa shape index (κ1) is 26.6. The van der Waals surface area contributed by atoms with Gasteiger partial charge in [-0.2, -0.15) is 28.4 Å². The summed E-state index contributed by atoms with van der Waals surface area (Å²) in [5.41, 5.74) is 0.430. The zero-order chi connectivity index (χ0) is 26.9. The quantitative estimate of drug-likeness (QED) is 0.450. The predicted octanol–water partition coefficient (Wildman–Crippen LogP) is 4.41. The van der Waals surface area contributed by atoms with E-state index in [-0.39, 0.29) is 22.9 Å². The number of hydrogen-bond donors (Lipinski definition) is 1. The zero-order valence-corrected chi connectivity index (χ0v) is 21.8. The molecule has 38 heavy (non-hydrogen) atoms. The van der Waals surface area contributed by atoms with Gasteiger partial charge in [0.2, 0.25) is 5.88 Å². The van der Waals surface area contributed by atoms with Gasteiger partial charge in [-0.15, -0.1) is 0 Å². The highest BCUT2D eigenvalue weighted by atomic mass is 35.5. The van der Waals surface area contributed by atoms with Gasteiger partial charge in [0.15, 0.2) is 5.13 Å². The Morgan fingerprint density at radius 3 is 2.71 bits per heavy atom. The summed E-state index contributed by atoms with van der Waals surface area (Å²) in [7, 11) is 0. The van der Waals surface area contributed by atoms with Crippen LogP contribution in [0.4, 0.5) is 22.7 Å². The first-order valence-electron chi connectivity index (χ1n) is 12.1. The van der Waals surface area contributed by atoms with Gasteiger partial charge in [-0.25, -0.2) is 4.39 Å². The van der Waals surface area contributed by atoms with Crippen molar-refractivity contribution < 1.29 is 22.7 Å². The molecule has 0 amide bonds. The van der Waals surface area contributed by atoms with Crippen molar-refractivity contribution in [3.8, 4) is 5.88 Å². The normalized spacial score (nSPS) is 16.8. The Bertz CT molecular complexity index is 1490. The number of thiazole rings is 1. The van der Waals surface area contributed by atoms with Gasteiger partial charge in [-0.05, 0) is 53.6 Å². The molecule has 0 aliphatic carbocycles. The topological polar surface area (TPSA) is 64.3 Å². The average molecular weight is 566 g/mol. The van der Waals surface area contributed by atoms with E-state index in [1.54, 1.807) is 24.4 Å². The summed E-state index contributed by atoms with van der Waals surface area (Å²) in [5, 5.41) is 20.7. The van der Waals surface area contributed by atoms with Crippen molar-refractivity contribution in [1.82, 2.24) is 9.88 Å². The van der Waals surface area contributed by atoms with Crippen molar-refractivity contribution in [2.24, 2.45) is 10.2 Å². The molecule has 3 aromatic rings. The number of aromatic nitrogens is 1. The monoisotopic (exact) mass is 565 g/mol. The second-order valence-corrected chi connectivity index (χ2v) is 10.5. The number of benzene rings is 2. The van der Waals surface area contributed by atoms with Crippen LogP contribution < -0.4 is 15.5 Å². The highest BCUT2D eigenvalue weighted by molar-refractivity contribution is 7.17. The number of nitrogens with zero attached hydrogens (tertiary/aromatic N) is 5. The predicted molar refractivity (Wildman–Crippen MR) is 141 cm³/mol. The Labute approximate surface area is 225 Å². The van der Waals surface area contributed by atoms with Crippen LogP contribution in [0.2, 0.25) is 5.02 Å². The Morgan fingerprint density at radius 1 is 1.08 bits per heavy atom. The molecule has 1 fully saturated rings. The van der Waals surface area contributed by atoms with Gasteiger partial charge in [0.1, 0.15) is 6.67 Å². The lowest BCUT2D eigenvalue weighted by Crippen LogP contribution is -2.31. The third kappa shape index (κ3) is 5.69. The van der Waals surface area contributed by atoms with Crippen molar-refractivity contribution >= 4 is 39.9 Å². The smallest absolute Gasteiger partial charge is 0.416 e. The molecule has 2 aliphatic rings. The summed E-state index contributed by atoms with van der Waals surface area (Å²) in [4.78, 5) is 8.85. The van der Waals surface area contributed by atoms with E-state index >= 15 is 0 Å². The number of hydrogen-bond acceptors (Lipinski definition) is 7. The van der Waals surface area contributed by atoms with E-state index in [1.165, 1.54) is 23.5 Å². The van der Waals surface area contributed by atoms with Crippen LogP contribution in [0.5, 0.6) is 5.88 Å². The summed E-state index contributed by atoms with van der Waals surface area (Å²) in [6, 6.07) is 9.01. The van der Waals surface area contributed by atoms with E-state index in [0.29, 0.717) is 52.3 Å². The van der Waals surface area contributed by atoms with E-state index in [0.717, 1.165) is 24.6 Å². The maximum absolute atomic E-state index is 13.9. The summed E-state index contributed by atoms with van der Waals surface area (Å²) in [6.45, 7) is 2.66. The van der Waals surface area contributed by atoms with E-state index in [4.69, 9.17) is 11.6 Å². The highest BCUT2D eigenvalue weighted by Crippen LogP contribution is 2.39. The van der Waals surface area contributed by atoms with Gasteiger partial charge in [-0.3, -0.25) is 4.90 Å². The average Bonchev–Trinajstić information content (AvgIpc) is 3.43. The van der Waals surface area contributed by atoms with Crippen LogP contribution >= 0.6 is 22.9 Å². The van der Waals surface area contributed by atoms with Gasteiger partial charge in [0.25, 0.3) is 0 Å². The van der Waals surface area contributed by atoms with Crippen LogP contribution in [0.15, 0.2) is 46.6 Å². The summed E-state index contributed by atoms with van der Waals surface area (Å²) in [6.07, 6.45) is -2.33. The number of fused-ring (bicyclic) bond motifs is 1. The summed E-state index contributed by atoms with van der Waals surface area (Å²) < 4.78 is 54.6. The summed E-state index contributed by atoms with van der Waals surface area (Å²) in [5.74, 6) is -0.244. The van der Waals surface area contributed by atoms with E-state index in [2.05, 4.69) is 15.2 Å². The Balaban J connectivity index is 1.59. The van der Waals surface area contributed by atoms with Crippen LogP contribution in [0.3, 0.4) is 0 Å². The molecule has 0 saturated carbocycles. The van der Waals surface area contributed by atoms with E-state index in [1.807, 2.05) is 9.80 Å². The SMILES string of the molecule is Oc1nc(N2CCCN(CCF)CC2)sc1C(Cc1ccc(Cl)cc1C(F)(F)F)=c1ccc2c(c1)C=NN=2. The molecule has 2 aromatic carbocycles. The molecule has 2 aliphatic heterocycles. The fourth-order valence-electron chi connectivity index (χ4n) is 4.70. The van der Waals surface area contributed by atoms with Gasteiger partial charge >= 0.3 is 6.18 Å². The standard InChI is InChI=1S/C26H24ClF4N5OS/c27-19-4-2-17(21(14-19)26(29,30)31)13-20(16-3-5-22-18(12-16)15-32-34-22)23-24(37)33-25(38-23)36-8-1-7-35(9-6-28)10-11-36/h2-5,12,14-15,37H,1,6-11,13H2. The lowest BCUT2D eigenvalue weighted by atomic mass is 9.96. The maximum Gasteiger partial charge on any atom is 0.416 e. The Morgan fingerprint density at radius 2 is 1.92 bits per heavy atom. The van der Waals surface area contributed by atoms with Crippen LogP contribution in [0, 0.1) is 0 Å². The number of aromatic hydroxyl groups is 1. The van der Waals surface area contributed by atoms with Crippen molar-refractivity contribution in [2.45, 2.75) is 19.0 Å². The Kier molecular flexibility index (Phi) is 7.69. The minimum absolute atomic E-state index is 0.0103. The van der Waals surface area contributed by atoms with Gasteiger partial charge in [0, 0.05) is 43.2 Å². The fourth-order valence-corrected chi connectivity index (χ4v) is 5.95. The van der Waals surface area contributed by atoms with Crippen LogP contribution in [0.25, 0.3) is 5.57 Å². The largest absolute Gasteiger partial charge is 0.492 e. The first-order chi connectivity index (χ1) is 18.2. The molecule has 3 heterocycles. The number of alkyl halides is 4. The molecular formula is C26H24ClF4N5OS. The van der Waals surface area contributed by atoms with Crippen LogP contribution in [0.1, 0.15) is 28.0 Å². The molecule has 6 nitrogen and oxygen atoms in total. The minimum atomic E-state index is -4.60. The molecule has 12 heteroatoms. The molecule has 5 rings (SSSR count). The fraction of sp³-hybridized carbons (Fsp3) is 0.346. The third-order valence-electron chi connectivity index (χ3n) is 6.61. The van der Waals surface area contributed by atoms with Crippen molar-refractivity contribution in [2.75, 3.05) is 44.3 Å². The molecular weight excluding hydrogens is 542 g/mol. The number of rotatable bonds is 6. The van der Waals surface area contributed by atoms with Crippen LogP contribution in [-0.4, -0.2) is 60.6 Å². The molecule has 200 valence electrons. The molecule has 0 radical (unpaired) electrons. The lowest BCUT2D eigenvalue weighted by Gasteiger charge is -2.20. The molecule has 1 aromatic heterocycles. The molecule has 1 saturated heterocycles. The summed E-state index contributed by atoms with van der Waals surface area (Å²) >= 11 is 7.14. The second kappa shape index (κ2) is 11.0. The van der Waals surface area contributed by atoms with Crippen LogP contribution in [-0.2, 0) is 12.6 Å². The molecule has 0 spiro atoms. The lowest BCUT2D eigenvalue weighted by molar-refractivity contribution is -0.138. The molecule has 1 N–H and O–H groups in total. The highest BCUT2D eigenvalue weighted by Gasteiger charge is 2.34. The van der Waals surface area contributed by atoms with Gasteiger partial charge < -0.3 is 10.0 Å². The van der Waals surface area contributed by atoms with Crippen molar-refractivity contribution in [3.05, 3.63) is 73.6 Å². The zero-order valence-electron chi connectivity index (χ0n) is 20.2. The molecule has 0 atom stereocenters. The third-order valence-corrected chi connectivity index (χ3v) is 8.01. The molecule has 0 bridgehead atoms. The van der Waals surface area contributed by atoms with E-state index < -0.39 is 18.4 Å². The van der Waals surface area contributed by atoms with Gasteiger partial charge in [0.05, 0.1) is 22.0 Å². The van der Waals surface area contributed by atoms with Crippen molar-refractivity contribution in [1.29, 1.82) is 0 Å². The van der Waals surface area contributed by atoms with Crippen molar-refractivity contribution in [3.63, 3.8) is 0 Å².